The number of allylic oxidation sites excluding steroid dienone is 2. The fourth-order valence-electron chi connectivity index (χ4n) is 4.05. The summed E-state index contributed by atoms with van der Waals surface area (Å²) < 4.78 is 0. The molecule has 0 spiro atoms. The summed E-state index contributed by atoms with van der Waals surface area (Å²) in [6, 6.07) is 13.0. The van der Waals surface area contributed by atoms with Crippen LogP contribution in [-0.2, 0) is 6.42 Å². The van der Waals surface area contributed by atoms with Crippen LogP contribution in [0.5, 0.6) is 0 Å². The monoisotopic (exact) mass is 382 g/mol. The molecule has 130 valence electrons. The number of carbonyl (C=O) groups is 1. The summed E-state index contributed by atoms with van der Waals surface area (Å²) in [4.78, 5) is 16.7. The summed E-state index contributed by atoms with van der Waals surface area (Å²) in [5.41, 5.74) is 15.2. The lowest BCUT2D eigenvalue weighted by Crippen LogP contribution is -2.31. The van der Waals surface area contributed by atoms with Gasteiger partial charge in [-0.3, -0.25) is 4.79 Å². The van der Waals surface area contributed by atoms with Crippen molar-refractivity contribution in [3.8, 4) is 0 Å². The van der Waals surface area contributed by atoms with E-state index >= 15 is 0 Å². The van der Waals surface area contributed by atoms with E-state index in [1.54, 1.807) is 18.2 Å². The maximum Gasteiger partial charge on any atom is 0.310 e. The second-order valence-electron chi connectivity index (χ2n) is 6.73. The molecule has 5 heteroatoms. The molecule has 1 atom stereocenters. The summed E-state index contributed by atoms with van der Waals surface area (Å²) in [7, 11) is 0. The highest BCUT2D eigenvalue weighted by molar-refractivity contribution is 6.36. The molecule has 0 radical (unpaired) electrons. The fourth-order valence-corrected chi connectivity index (χ4v) is 4.58. The number of carbonyl (C=O) groups excluding carboxylic acids is 1. The molecule has 3 nitrogen and oxygen atoms in total. The van der Waals surface area contributed by atoms with Gasteiger partial charge in [0.2, 0.25) is 0 Å². The van der Waals surface area contributed by atoms with Gasteiger partial charge in [-0.2, -0.15) is 4.79 Å². The number of halogens is 2. The zero-order valence-electron chi connectivity index (χ0n) is 14.0. The van der Waals surface area contributed by atoms with Crippen molar-refractivity contribution in [3.63, 3.8) is 0 Å². The van der Waals surface area contributed by atoms with Crippen molar-refractivity contribution in [2.75, 3.05) is 0 Å². The maximum atomic E-state index is 13.1. The average molecular weight is 383 g/mol. The van der Waals surface area contributed by atoms with E-state index < -0.39 is 5.92 Å². The second kappa shape index (κ2) is 6.85. The molecule has 0 bridgehead atoms. The summed E-state index contributed by atoms with van der Waals surface area (Å²) >= 11 is 12.1. The molecule has 0 N–H and O–H groups in total. The number of fused-ring (bicyclic) bond motifs is 2. The van der Waals surface area contributed by atoms with Gasteiger partial charge in [0.25, 0.3) is 0 Å². The van der Waals surface area contributed by atoms with Gasteiger partial charge in [-0.15, -0.1) is 0 Å². The quantitative estimate of drug-likeness (QED) is 0.375. The highest BCUT2D eigenvalue weighted by atomic mass is 35.5. The number of hydrogen-bond acceptors (Lipinski definition) is 1. The van der Waals surface area contributed by atoms with Crippen molar-refractivity contribution in [2.45, 2.75) is 25.7 Å². The SMILES string of the molecule is [N-]=[N+]=C1C2=C(CCc3ccccc32)CCC1C(=O)c1cc(Cl)cc(Cl)c1. The predicted octanol–water partition coefficient (Wildman–Crippen LogP) is 5.66. The summed E-state index contributed by atoms with van der Waals surface area (Å²) in [5, 5.41) is 0.837. The van der Waals surface area contributed by atoms with E-state index in [0.717, 1.165) is 30.4 Å². The molecule has 26 heavy (non-hydrogen) atoms. The Hall–Kier alpha value is -2.19. The zero-order valence-corrected chi connectivity index (χ0v) is 15.5. The van der Waals surface area contributed by atoms with Crippen molar-refractivity contribution >= 4 is 40.3 Å². The standard InChI is InChI=1S/C21H16Cl2N2O/c22-15-9-14(10-16(23)11-15)21(26)18-8-7-13-6-5-12-3-1-2-4-17(12)19(13)20(18)25-24/h1-4,9-11,18H,5-8H2. The smallest absolute Gasteiger partial charge is 0.310 e. The van der Waals surface area contributed by atoms with Crippen LogP contribution in [0, 0.1) is 5.92 Å². The van der Waals surface area contributed by atoms with Crippen LogP contribution in [0.3, 0.4) is 0 Å². The van der Waals surface area contributed by atoms with Crippen molar-refractivity contribution in [3.05, 3.63) is 80.3 Å². The first-order valence-corrected chi connectivity index (χ1v) is 9.37. The third kappa shape index (κ3) is 2.93. The Morgan fingerprint density at radius 1 is 1.04 bits per heavy atom. The Balaban J connectivity index is 1.78. The van der Waals surface area contributed by atoms with Gasteiger partial charge < -0.3 is 5.53 Å². The first kappa shape index (κ1) is 17.2. The van der Waals surface area contributed by atoms with E-state index in [0.29, 0.717) is 27.7 Å². The van der Waals surface area contributed by atoms with Crippen LogP contribution in [-0.4, -0.2) is 16.3 Å². The van der Waals surface area contributed by atoms with E-state index in [9.17, 15) is 10.3 Å². The Labute approximate surface area is 161 Å². The number of rotatable bonds is 2. The van der Waals surface area contributed by atoms with Gasteiger partial charge in [0.05, 0.1) is 5.57 Å². The van der Waals surface area contributed by atoms with Crippen LogP contribution in [0.15, 0.2) is 48.0 Å². The number of ketones is 1. The van der Waals surface area contributed by atoms with Gasteiger partial charge in [0.15, 0.2) is 5.78 Å². The lowest BCUT2D eigenvalue weighted by molar-refractivity contribution is -0.00975. The second-order valence-corrected chi connectivity index (χ2v) is 7.61. The van der Waals surface area contributed by atoms with Crippen LogP contribution in [0.4, 0.5) is 0 Å². The molecule has 2 aromatic carbocycles. The van der Waals surface area contributed by atoms with Crippen LogP contribution in [0.25, 0.3) is 11.1 Å². The minimum absolute atomic E-state index is 0.114. The minimum Gasteiger partial charge on any atom is -0.361 e. The largest absolute Gasteiger partial charge is 0.361 e. The molecule has 0 aromatic heterocycles. The van der Waals surface area contributed by atoms with Crippen LogP contribution >= 0.6 is 23.2 Å². The number of Topliss-reactive ketones (excluding diaryl/α,β-unsaturated/α-hetero) is 1. The molecular formula is C21H16Cl2N2O. The molecule has 0 saturated heterocycles. The number of aryl methyl sites for hydroxylation is 1. The van der Waals surface area contributed by atoms with E-state index in [4.69, 9.17) is 23.2 Å². The lowest BCUT2D eigenvalue weighted by Gasteiger charge is -2.28. The van der Waals surface area contributed by atoms with Gasteiger partial charge in [-0.05, 0) is 55.0 Å². The van der Waals surface area contributed by atoms with Gasteiger partial charge in [0, 0.05) is 15.6 Å². The van der Waals surface area contributed by atoms with E-state index in [2.05, 4.69) is 10.9 Å². The molecular weight excluding hydrogens is 367 g/mol. The van der Waals surface area contributed by atoms with Gasteiger partial charge in [-0.25, -0.2) is 0 Å². The van der Waals surface area contributed by atoms with Crippen molar-refractivity contribution in [1.82, 2.24) is 0 Å². The average Bonchev–Trinajstić information content (AvgIpc) is 2.65. The summed E-state index contributed by atoms with van der Waals surface area (Å²) in [6.07, 6.45) is 3.38. The number of benzene rings is 2. The topological polar surface area (TPSA) is 53.5 Å². The van der Waals surface area contributed by atoms with E-state index in [1.165, 1.54) is 11.1 Å². The molecule has 4 rings (SSSR count). The van der Waals surface area contributed by atoms with Crippen LogP contribution < -0.4 is 0 Å². The Kier molecular flexibility index (Phi) is 4.54. The molecule has 0 heterocycles. The van der Waals surface area contributed by atoms with E-state index in [-0.39, 0.29) is 5.78 Å². The third-order valence-corrected chi connectivity index (χ3v) is 5.67. The first-order valence-electron chi connectivity index (χ1n) is 8.61. The molecule has 0 fully saturated rings. The minimum atomic E-state index is -0.501. The predicted molar refractivity (Wildman–Crippen MR) is 104 cm³/mol. The molecule has 1 unspecified atom stereocenters. The highest BCUT2D eigenvalue weighted by Gasteiger charge is 2.41. The maximum absolute atomic E-state index is 13.1. The Morgan fingerprint density at radius 3 is 2.50 bits per heavy atom. The van der Waals surface area contributed by atoms with Crippen molar-refractivity contribution in [2.24, 2.45) is 5.92 Å². The third-order valence-electron chi connectivity index (χ3n) is 5.23. The van der Waals surface area contributed by atoms with Crippen LogP contribution in [0.2, 0.25) is 10.0 Å². The van der Waals surface area contributed by atoms with Crippen molar-refractivity contribution in [1.29, 1.82) is 0 Å². The number of hydrogen-bond donors (Lipinski definition) is 0. The fraction of sp³-hybridized carbons (Fsp3) is 0.238. The van der Waals surface area contributed by atoms with Crippen LogP contribution in [0.1, 0.15) is 40.7 Å². The molecule has 2 aliphatic rings. The first-order chi connectivity index (χ1) is 12.6. The molecule has 2 aromatic rings. The Morgan fingerprint density at radius 2 is 1.77 bits per heavy atom. The lowest BCUT2D eigenvalue weighted by atomic mass is 9.71. The zero-order chi connectivity index (χ0) is 18.3. The summed E-state index contributed by atoms with van der Waals surface area (Å²) in [6.45, 7) is 0. The molecule has 0 saturated carbocycles. The molecule has 0 aliphatic heterocycles. The Bertz CT molecular complexity index is 983. The van der Waals surface area contributed by atoms with Crippen molar-refractivity contribution < 1.29 is 9.58 Å². The normalized spacial score (nSPS) is 18.8. The van der Waals surface area contributed by atoms with Gasteiger partial charge >= 0.3 is 5.71 Å². The highest BCUT2D eigenvalue weighted by Crippen LogP contribution is 2.41. The summed E-state index contributed by atoms with van der Waals surface area (Å²) in [5.74, 6) is -0.615. The number of nitrogens with zero attached hydrogens (tertiary/aromatic N) is 2. The van der Waals surface area contributed by atoms with E-state index in [1.807, 2.05) is 18.2 Å². The van der Waals surface area contributed by atoms with Gasteiger partial charge in [0.1, 0.15) is 5.92 Å². The molecule has 0 amide bonds. The molecule has 2 aliphatic carbocycles. The van der Waals surface area contributed by atoms with Gasteiger partial charge in [-0.1, -0.05) is 53.0 Å².